The normalized spacial score (nSPS) is 10.6. The molecule has 0 saturated carbocycles. The fourth-order valence-corrected chi connectivity index (χ4v) is 2.51. The van der Waals surface area contributed by atoms with Gasteiger partial charge in [0.15, 0.2) is 0 Å². The van der Waals surface area contributed by atoms with E-state index in [9.17, 15) is 9.18 Å². The van der Waals surface area contributed by atoms with Crippen LogP contribution in [0.3, 0.4) is 0 Å². The molecule has 1 aromatic heterocycles. The molecular weight excluding hydrogens is 307 g/mol. The van der Waals surface area contributed by atoms with Crippen molar-refractivity contribution in [1.82, 2.24) is 9.78 Å². The molecule has 0 unspecified atom stereocenters. The molecule has 0 radical (unpaired) electrons. The first-order chi connectivity index (χ1) is 11.6. The summed E-state index contributed by atoms with van der Waals surface area (Å²) in [6.45, 7) is 1.70. The highest BCUT2D eigenvalue weighted by Gasteiger charge is 2.15. The van der Waals surface area contributed by atoms with Gasteiger partial charge in [-0.05, 0) is 36.8 Å². The van der Waals surface area contributed by atoms with Crippen molar-refractivity contribution < 1.29 is 13.9 Å². The number of carbonyl (C=O) groups excluding carboxylic acids is 1. The average Bonchev–Trinajstić information content (AvgIpc) is 3.02. The van der Waals surface area contributed by atoms with Crippen LogP contribution in [0.2, 0.25) is 0 Å². The average molecular weight is 324 g/mol. The fraction of sp³-hybridized carbons (Fsp3) is 0.158. The van der Waals surface area contributed by atoms with Crippen molar-refractivity contribution in [3.63, 3.8) is 0 Å². The Morgan fingerprint density at radius 3 is 2.54 bits per heavy atom. The second-order valence-electron chi connectivity index (χ2n) is 5.48. The van der Waals surface area contributed by atoms with Crippen molar-refractivity contribution in [2.45, 2.75) is 13.5 Å². The van der Waals surface area contributed by atoms with Crippen LogP contribution < -0.4 is 0 Å². The molecule has 3 aromatic rings. The third-order valence-corrected chi connectivity index (χ3v) is 3.81. The molecular formula is C19H17FN2O2. The molecule has 0 atom stereocenters. The smallest absolute Gasteiger partial charge is 0.327 e. The molecule has 0 bridgehead atoms. The maximum atomic E-state index is 13.6. The van der Waals surface area contributed by atoms with Gasteiger partial charge in [-0.15, -0.1) is 0 Å². The van der Waals surface area contributed by atoms with E-state index >= 15 is 0 Å². The zero-order chi connectivity index (χ0) is 17.1. The Hall–Kier alpha value is -2.95. The second kappa shape index (κ2) is 6.66. The van der Waals surface area contributed by atoms with Gasteiger partial charge in [-0.2, -0.15) is 5.10 Å². The Morgan fingerprint density at radius 1 is 1.12 bits per heavy atom. The van der Waals surface area contributed by atoms with Gasteiger partial charge in [-0.25, -0.2) is 4.39 Å². The van der Waals surface area contributed by atoms with Gasteiger partial charge in [-0.1, -0.05) is 30.3 Å². The maximum absolute atomic E-state index is 13.6. The molecule has 0 amide bonds. The summed E-state index contributed by atoms with van der Waals surface area (Å²) < 4.78 is 19.9. The van der Waals surface area contributed by atoms with Crippen LogP contribution in [-0.4, -0.2) is 22.9 Å². The van der Waals surface area contributed by atoms with E-state index in [1.807, 2.05) is 36.4 Å². The number of halogens is 1. The van der Waals surface area contributed by atoms with E-state index in [2.05, 4.69) is 5.10 Å². The molecule has 0 fully saturated rings. The molecule has 0 spiro atoms. The summed E-state index contributed by atoms with van der Waals surface area (Å²) >= 11 is 0. The Balaban J connectivity index is 2.10. The van der Waals surface area contributed by atoms with Crippen molar-refractivity contribution >= 4 is 5.97 Å². The summed E-state index contributed by atoms with van der Waals surface area (Å²) in [6.07, 6.45) is 0. The van der Waals surface area contributed by atoms with Gasteiger partial charge in [0.25, 0.3) is 0 Å². The molecule has 2 aromatic carbocycles. The van der Waals surface area contributed by atoms with Gasteiger partial charge in [0.05, 0.1) is 18.5 Å². The second-order valence-corrected chi connectivity index (χ2v) is 5.48. The van der Waals surface area contributed by atoms with E-state index in [1.165, 1.54) is 13.2 Å². The quantitative estimate of drug-likeness (QED) is 0.685. The highest BCUT2D eigenvalue weighted by Crippen LogP contribution is 2.27. The van der Waals surface area contributed by atoms with Crippen molar-refractivity contribution in [2.24, 2.45) is 0 Å². The summed E-state index contributed by atoms with van der Waals surface area (Å²) in [6, 6.07) is 16.4. The molecule has 0 aliphatic carbocycles. The van der Waals surface area contributed by atoms with E-state index in [-0.39, 0.29) is 12.4 Å². The lowest BCUT2D eigenvalue weighted by Gasteiger charge is -2.07. The van der Waals surface area contributed by atoms with Gasteiger partial charge >= 0.3 is 5.97 Å². The van der Waals surface area contributed by atoms with E-state index in [1.54, 1.807) is 23.7 Å². The standard InChI is InChI=1S/C19H17FN2O2/c1-13-10-15(8-9-16(13)20)18-11-17(14-6-4-3-5-7-14)21-22(18)12-19(23)24-2/h3-11H,12H2,1-2H3. The number of methoxy groups -OCH3 is 1. The first kappa shape index (κ1) is 15.9. The fourth-order valence-electron chi connectivity index (χ4n) is 2.51. The van der Waals surface area contributed by atoms with Gasteiger partial charge < -0.3 is 4.74 Å². The minimum atomic E-state index is -0.391. The van der Waals surface area contributed by atoms with E-state index < -0.39 is 5.97 Å². The van der Waals surface area contributed by atoms with E-state index in [0.717, 1.165) is 22.5 Å². The number of aryl methyl sites for hydroxylation is 1. The lowest BCUT2D eigenvalue weighted by molar-refractivity contribution is -0.141. The molecule has 0 saturated heterocycles. The van der Waals surface area contributed by atoms with Crippen LogP contribution in [0.1, 0.15) is 5.56 Å². The highest BCUT2D eigenvalue weighted by molar-refractivity contribution is 5.73. The van der Waals surface area contributed by atoms with Gasteiger partial charge in [0.2, 0.25) is 0 Å². The molecule has 5 heteroatoms. The highest BCUT2D eigenvalue weighted by atomic mass is 19.1. The van der Waals surface area contributed by atoms with Gasteiger partial charge in [0, 0.05) is 11.1 Å². The molecule has 0 aliphatic rings. The monoisotopic (exact) mass is 324 g/mol. The number of aromatic nitrogens is 2. The number of hydrogen-bond donors (Lipinski definition) is 0. The lowest BCUT2D eigenvalue weighted by atomic mass is 10.1. The largest absolute Gasteiger partial charge is 0.468 e. The van der Waals surface area contributed by atoms with Gasteiger partial charge in [-0.3, -0.25) is 9.48 Å². The van der Waals surface area contributed by atoms with Crippen LogP contribution in [0.4, 0.5) is 4.39 Å². The zero-order valence-corrected chi connectivity index (χ0v) is 13.5. The SMILES string of the molecule is COC(=O)Cn1nc(-c2ccccc2)cc1-c1ccc(F)c(C)c1. The van der Waals surface area contributed by atoms with E-state index in [4.69, 9.17) is 4.74 Å². The Morgan fingerprint density at radius 2 is 1.88 bits per heavy atom. The molecule has 4 nitrogen and oxygen atoms in total. The summed E-state index contributed by atoms with van der Waals surface area (Å²) in [4.78, 5) is 11.7. The molecule has 3 rings (SSSR count). The predicted molar refractivity (Wildman–Crippen MR) is 89.8 cm³/mol. The number of carbonyl (C=O) groups is 1. The minimum absolute atomic E-state index is 0.00487. The third kappa shape index (κ3) is 3.20. The van der Waals surface area contributed by atoms with Crippen molar-refractivity contribution in [3.05, 3.63) is 66.0 Å². The molecule has 0 aliphatic heterocycles. The first-order valence-electron chi connectivity index (χ1n) is 7.55. The lowest BCUT2D eigenvalue weighted by Crippen LogP contribution is -2.13. The minimum Gasteiger partial charge on any atom is -0.468 e. The van der Waals surface area contributed by atoms with Crippen LogP contribution in [0, 0.1) is 12.7 Å². The number of rotatable bonds is 4. The number of nitrogens with zero attached hydrogens (tertiary/aromatic N) is 2. The van der Waals surface area contributed by atoms with Gasteiger partial charge in [0.1, 0.15) is 12.4 Å². The Labute approximate surface area is 139 Å². The van der Waals surface area contributed by atoms with Crippen molar-refractivity contribution in [3.8, 4) is 22.5 Å². The summed E-state index contributed by atoms with van der Waals surface area (Å²) in [5.74, 6) is -0.654. The van der Waals surface area contributed by atoms with Crippen LogP contribution >= 0.6 is 0 Å². The Kier molecular flexibility index (Phi) is 4.42. The zero-order valence-electron chi connectivity index (χ0n) is 13.5. The third-order valence-electron chi connectivity index (χ3n) is 3.81. The topological polar surface area (TPSA) is 44.1 Å². The number of hydrogen-bond acceptors (Lipinski definition) is 3. The maximum Gasteiger partial charge on any atom is 0.327 e. The summed E-state index contributed by atoms with van der Waals surface area (Å²) in [5, 5.41) is 4.52. The Bertz CT molecular complexity index is 872. The predicted octanol–water partition coefficient (Wildman–Crippen LogP) is 3.84. The molecule has 0 N–H and O–H groups in total. The molecule has 24 heavy (non-hydrogen) atoms. The summed E-state index contributed by atoms with van der Waals surface area (Å²) in [7, 11) is 1.34. The number of ether oxygens (including phenoxy) is 1. The van der Waals surface area contributed by atoms with E-state index in [0.29, 0.717) is 5.56 Å². The number of esters is 1. The van der Waals surface area contributed by atoms with Crippen molar-refractivity contribution in [2.75, 3.05) is 7.11 Å². The summed E-state index contributed by atoms with van der Waals surface area (Å²) in [5.41, 5.74) is 3.77. The first-order valence-corrected chi connectivity index (χ1v) is 7.55. The molecule has 1 heterocycles. The number of benzene rings is 2. The van der Waals surface area contributed by atoms with Crippen LogP contribution in [0.25, 0.3) is 22.5 Å². The van der Waals surface area contributed by atoms with Crippen LogP contribution in [0.5, 0.6) is 0 Å². The van der Waals surface area contributed by atoms with Crippen LogP contribution in [0.15, 0.2) is 54.6 Å². The van der Waals surface area contributed by atoms with Crippen LogP contribution in [-0.2, 0) is 16.1 Å². The molecule has 122 valence electrons. The van der Waals surface area contributed by atoms with Crippen molar-refractivity contribution in [1.29, 1.82) is 0 Å².